The summed E-state index contributed by atoms with van der Waals surface area (Å²) >= 11 is 0. The summed E-state index contributed by atoms with van der Waals surface area (Å²) in [7, 11) is 0. The molecule has 1 aromatic rings. The van der Waals surface area contributed by atoms with Gasteiger partial charge in [-0.3, -0.25) is 0 Å². The van der Waals surface area contributed by atoms with Crippen LogP contribution in [0, 0.1) is 19.3 Å². The van der Waals surface area contributed by atoms with Crippen molar-refractivity contribution in [2.75, 3.05) is 18.5 Å². The average Bonchev–Trinajstić information content (AvgIpc) is 2.96. The van der Waals surface area contributed by atoms with Crippen LogP contribution in [0.3, 0.4) is 0 Å². The van der Waals surface area contributed by atoms with Crippen molar-refractivity contribution in [3.63, 3.8) is 0 Å². The Hall–Kier alpha value is -1.91. The Morgan fingerprint density at radius 1 is 1.09 bits per heavy atom. The molecule has 0 unspecified atom stereocenters. The smallest absolute Gasteiger partial charge is 0.243 e. The number of nitrogens with one attached hydrogen (secondary N) is 1. The van der Waals surface area contributed by atoms with Crippen molar-refractivity contribution in [1.82, 2.24) is 14.9 Å². The van der Waals surface area contributed by atoms with Crippen molar-refractivity contribution in [3.05, 3.63) is 29.2 Å². The van der Waals surface area contributed by atoms with Crippen LogP contribution in [0.4, 0.5) is 5.95 Å². The van der Waals surface area contributed by atoms with Gasteiger partial charge in [-0.05, 0) is 57.1 Å². The lowest BCUT2D eigenvalue weighted by Gasteiger charge is -2.34. The van der Waals surface area contributed by atoms with Gasteiger partial charge in [0, 0.05) is 30.2 Å². The average molecular weight is 313 g/mol. The normalized spacial score (nSPS) is 22.3. The van der Waals surface area contributed by atoms with Crippen LogP contribution >= 0.6 is 0 Å². The molecule has 1 aliphatic heterocycles. The highest BCUT2D eigenvalue weighted by molar-refractivity contribution is 5.97. The van der Waals surface area contributed by atoms with E-state index in [9.17, 15) is 0 Å². The first-order valence-corrected chi connectivity index (χ1v) is 8.52. The zero-order chi connectivity index (χ0) is 16.4. The first-order valence-electron chi connectivity index (χ1n) is 8.52. The van der Waals surface area contributed by atoms with Gasteiger partial charge in [-0.25, -0.2) is 15.4 Å². The molecule has 3 rings (SSSR count). The van der Waals surface area contributed by atoms with Gasteiger partial charge in [0.05, 0.1) is 5.71 Å². The van der Waals surface area contributed by atoms with E-state index < -0.39 is 0 Å². The van der Waals surface area contributed by atoms with E-state index in [2.05, 4.69) is 45.3 Å². The van der Waals surface area contributed by atoms with Crippen LogP contribution < -0.4 is 5.43 Å². The van der Waals surface area contributed by atoms with Crippen molar-refractivity contribution >= 4 is 11.7 Å². The topological polar surface area (TPSA) is 53.4 Å². The summed E-state index contributed by atoms with van der Waals surface area (Å²) in [5, 5.41) is 4.59. The largest absolute Gasteiger partial charge is 0.375 e. The Bertz CT molecular complexity index is 619. The number of hydrogen-bond donors (Lipinski definition) is 1. The molecule has 1 aliphatic carbocycles. The van der Waals surface area contributed by atoms with Gasteiger partial charge < -0.3 is 4.90 Å². The molecule has 1 aromatic heterocycles. The van der Waals surface area contributed by atoms with Gasteiger partial charge in [-0.1, -0.05) is 13.8 Å². The molecule has 5 nitrogen and oxygen atoms in total. The maximum atomic E-state index is 4.59. The van der Waals surface area contributed by atoms with Crippen LogP contribution in [0.1, 0.15) is 50.9 Å². The monoisotopic (exact) mass is 313 g/mol. The summed E-state index contributed by atoms with van der Waals surface area (Å²) in [6.07, 6.45) is 6.97. The van der Waals surface area contributed by atoms with Crippen molar-refractivity contribution < 1.29 is 0 Å². The predicted octanol–water partition coefficient (Wildman–Crippen LogP) is 3.66. The molecule has 2 heterocycles. The minimum absolute atomic E-state index is 0.247. The fraction of sp³-hybridized carbons (Fsp3) is 0.611. The first kappa shape index (κ1) is 16.0. The second kappa shape index (κ2) is 6.30. The van der Waals surface area contributed by atoms with Gasteiger partial charge in [0.1, 0.15) is 0 Å². The van der Waals surface area contributed by atoms with E-state index in [1.165, 1.54) is 31.6 Å². The maximum Gasteiger partial charge on any atom is 0.243 e. The summed E-state index contributed by atoms with van der Waals surface area (Å²) in [6, 6.07) is 1.97. The van der Waals surface area contributed by atoms with Gasteiger partial charge in [-0.15, -0.1) is 0 Å². The van der Waals surface area contributed by atoms with Crippen molar-refractivity contribution in [1.29, 1.82) is 0 Å². The third-order valence-corrected chi connectivity index (χ3v) is 4.45. The number of likely N-dealkylation sites (tertiary alicyclic amines) is 1. The first-order chi connectivity index (χ1) is 10.9. The molecule has 1 fully saturated rings. The van der Waals surface area contributed by atoms with Gasteiger partial charge in [0.2, 0.25) is 5.95 Å². The summed E-state index contributed by atoms with van der Waals surface area (Å²) in [4.78, 5) is 11.3. The lowest BCUT2D eigenvalue weighted by atomic mass is 9.78. The molecular formula is C18H27N5. The number of anilines is 1. The lowest BCUT2D eigenvalue weighted by molar-refractivity contribution is 0.305. The number of allylic oxidation sites excluding steroid dienone is 2. The Kier molecular flexibility index (Phi) is 4.37. The highest BCUT2D eigenvalue weighted by Crippen LogP contribution is 2.36. The SMILES string of the molecule is Cc1cc(C)nc(N/N=C2/C=C(N3CCCC3)CC(C)(C)C2)n1. The van der Waals surface area contributed by atoms with E-state index in [0.29, 0.717) is 5.95 Å². The molecule has 124 valence electrons. The molecule has 5 heteroatoms. The van der Waals surface area contributed by atoms with E-state index in [0.717, 1.165) is 29.9 Å². The minimum Gasteiger partial charge on any atom is -0.375 e. The van der Waals surface area contributed by atoms with Crippen molar-refractivity contribution in [3.8, 4) is 0 Å². The third kappa shape index (κ3) is 4.09. The third-order valence-electron chi connectivity index (χ3n) is 4.45. The van der Waals surface area contributed by atoms with Crippen LogP contribution in [0.15, 0.2) is 22.9 Å². The van der Waals surface area contributed by atoms with E-state index in [4.69, 9.17) is 0 Å². The highest BCUT2D eigenvalue weighted by atomic mass is 15.4. The van der Waals surface area contributed by atoms with Crippen LogP contribution in [-0.2, 0) is 0 Å². The Labute approximate surface area is 138 Å². The van der Waals surface area contributed by atoms with Gasteiger partial charge in [-0.2, -0.15) is 5.10 Å². The summed E-state index contributed by atoms with van der Waals surface area (Å²) < 4.78 is 0. The number of nitrogens with zero attached hydrogens (tertiary/aromatic N) is 4. The predicted molar refractivity (Wildman–Crippen MR) is 94.5 cm³/mol. The van der Waals surface area contributed by atoms with E-state index in [1.807, 2.05) is 19.9 Å². The fourth-order valence-corrected chi connectivity index (χ4v) is 3.51. The van der Waals surface area contributed by atoms with Gasteiger partial charge in [0.25, 0.3) is 0 Å². The fourth-order valence-electron chi connectivity index (χ4n) is 3.51. The number of hydrogen-bond acceptors (Lipinski definition) is 5. The van der Waals surface area contributed by atoms with Crippen LogP contribution in [-0.4, -0.2) is 33.7 Å². The van der Waals surface area contributed by atoms with Crippen molar-refractivity contribution in [2.45, 2.75) is 53.4 Å². The zero-order valence-electron chi connectivity index (χ0n) is 14.7. The van der Waals surface area contributed by atoms with E-state index >= 15 is 0 Å². The summed E-state index contributed by atoms with van der Waals surface area (Å²) in [6.45, 7) is 11.0. The molecule has 1 saturated heterocycles. The van der Waals surface area contributed by atoms with Crippen LogP contribution in [0.2, 0.25) is 0 Å². The van der Waals surface area contributed by atoms with Crippen molar-refractivity contribution in [2.24, 2.45) is 10.5 Å². The molecule has 0 atom stereocenters. The molecule has 0 bridgehead atoms. The maximum absolute atomic E-state index is 4.59. The number of hydrazone groups is 1. The molecular weight excluding hydrogens is 286 g/mol. The molecule has 1 N–H and O–H groups in total. The molecule has 0 amide bonds. The number of rotatable bonds is 3. The van der Waals surface area contributed by atoms with E-state index in [-0.39, 0.29) is 5.41 Å². The standard InChI is InChI=1S/C18H27N5/c1-13-9-14(2)20-17(19-13)22-21-15-10-16(12-18(3,4)11-15)23-7-5-6-8-23/h9-10H,5-8,11-12H2,1-4H3,(H,19,20,22)/b21-15-. The Morgan fingerprint density at radius 2 is 1.74 bits per heavy atom. The quantitative estimate of drug-likeness (QED) is 0.865. The molecule has 0 aromatic carbocycles. The second-order valence-corrected chi connectivity index (χ2v) is 7.54. The molecule has 0 saturated carbocycles. The van der Waals surface area contributed by atoms with Gasteiger partial charge >= 0.3 is 0 Å². The zero-order valence-corrected chi connectivity index (χ0v) is 14.7. The number of aromatic nitrogens is 2. The number of aryl methyl sites for hydroxylation is 2. The van der Waals surface area contributed by atoms with E-state index in [1.54, 1.807) is 0 Å². The summed E-state index contributed by atoms with van der Waals surface area (Å²) in [5.74, 6) is 0.578. The molecule has 0 radical (unpaired) electrons. The second-order valence-electron chi connectivity index (χ2n) is 7.54. The highest BCUT2D eigenvalue weighted by Gasteiger charge is 2.29. The van der Waals surface area contributed by atoms with Crippen LogP contribution in [0.25, 0.3) is 0 Å². The van der Waals surface area contributed by atoms with Gasteiger partial charge in [0.15, 0.2) is 0 Å². The van der Waals surface area contributed by atoms with Crippen LogP contribution in [0.5, 0.6) is 0 Å². The molecule has 23 heavy (non-hydrogen) atoms. The molecule has 0 spiro atoms. The summed E-state index contributed by atoms with van der Waals surface area (Å²) in [5.41, 5.74) is 7.73. The Balaban J connectivity index is 1.80. The lowest BCUT2D eigenvalue weighted by Crippen LogP contribution is -2.30. The molecule has 2 aliphatic rings. The Morgan fingerprint density at radius 3 is 2.39 bits per heavy atom. The minimum atomic E-state index is 0.247.